The van der Waals surface area contributed by atoms with Crippen LogP contribution in [0.15, 0.2) is 17.5 Å². The molecule has 1 N–H and O–H groups in total. The van der Waals surface area contributed by atoms with E-state index in [0.717, 1.165) is 26.2 Å². The second kappa shape index (κ2) is 8.48. The summed E-state index contributed by atoms with van der Waals surface area (Å²) in [4.78, 5) is 16.9. The standard InChI is InChI=1S/C15H24N2O3S/c1-2-15(19)17-7-5-16(6-8-17)10-13(18)11-20-12-14-4-3-9-21-14/h3-4,9,13,18H,2,5-8,10-12H2,1H3. The predicted octanol–water partition coefficient (Wildman–Crippen LogP) is 1.18. The number of carbonyl (C=O) groups is 1. The van der Waals surface area contributed by atoms with Crippen LogP contribution in [0.25, 0.3) is 0 Å². The van der Waals surface area contributed by atoms with Crippen molar-refractivity contribution in [1.29, 1.82) is 0 Å². The van der Waals surface area contributed by atoms with Crippen LogP contribution in [0, 0.1) is 0 Å². The molecule has 1 aliphatic heterocycles. The first-order chi connectivity index (χ1) is 10.2. The van der Waals surface area contributed by atoms with E-state index in [-0.39, 0.29) is 5.91 Å². The normalized spacial score (nSPS) is 17.9. The fraction of sp³-hybridized carbons (Fsp3) is 0.667. The number of rotatable bonds is 7. The van der Waals surface area contributed by atoms with E-state index in [1.165, 1.54) is 4.88 Å². The number of amides is 1. The van der Waals surface area contributed by atoms with Crippen LogP contribution in [0.2, 0.25) is 0 Å². The minimum absolute atomic E-state index is 0.217. The summed E-state index contributed by atoms with van der Waals surface area (Å²) >= 11 is 1.66. The lowest BCUT2D eigenvalue weighted by Gasteiger charge is -2.35. The quantitative estimate of drug-likeness (QED) is 0.821. The van der Waals surface area contributed by atoms with Crippen LogP contribution < -0.4 is 0 Å². The first-order valence-electron chi connectivity index (χ1n) is 7.47. The molecule has 0 bridgehead atoms. The SMILES string of the molecule is CCC(=O)N1CCN(CC(O)COCc2cccs2)CC1. The number of piperazine rings is 1. The van der Waals surface area contributed by atoms with Gasteiger partial charge in [0.1, 0.15) is 0 Å². The zero-order valence-electron chi connectivity index (χ0n) is 12.5. The Morgan fingerprint density at radius 3 is 2.81 bits per heavy atom. The maximum Gasteiger partial charge on any atom is 0.222 e. The molecule has 1 fully saturated rings. The Bertz CT molecular complexity index is 417. The van der Waals surface area contributed by atoms with Gasteiger partial charge in [0.2, 0.25) is 5.91 Å². The highest BCUT2D eigenvalue weighted by Gasteiger charge is 2.21. The Morgan fingerprint density at radius 2 is 2.19 bits per heavy atom. The third-order valence-corrected chi connectivity index (χ3v) is 4.48. The Morgan fingerprint density at radius 1 is 1.43 bits per heavy atom. The third kappa shape index (κ3) is 5.39. The van der Waals surface area contributed by atoms with Crippen molar-refractivity contribution in [3.05, 3.63) is 22.4 Å². The third-order valence-electron chi connectivity index (χ3n) is 3.63. The summed E-state index contributed by atoms with van der Waals surface area (Å²) in [7, 11) is 0. The summed E-state index contributed by atoms with van der Waals surface area (Å²) < 4.78 is 5.53. The molecule has 1 unspecified atom stereocenters. The molecule has 6 heteroatoms. The van der Waals surface area contributed by atoms with E-state index in [2.05, 4.69) is 4.90 Å². The number of hydrogen-bond donors (Lipinski definition) is 1. The molecular weight excluding hydrogens is 288 g/mol. The van der Waals surface area contributed by atoms with Crippen molar-refractivity contribution in [1.82, 2.24) is 9.80 Å². The number of β-amino-alcohol motifs (C(OH)–C–C–N with tert-alkyl or cyclic N) is 1. The second-order valence-electron chi connectivity index (χ2n) is 5.28. The van der Waals surface area contributed by atoms with Gasteiger partial charge in [-0.25, -0.2) is 0 Å². The van der Waals surface area contributed by atoms with Crippen molar-refractivity contribution in [2.75, 3.05) is 39.3 Å². The minimum atomic E-state index is -0.474. The van der Waals surface area contributed by atoms with Crippen LogP contribution in [-0.2, 0) is 16.1 Å². The monoisotopic (exact) mass is 312 g/mol. The summed E-state index contributed by atoms with van der Waals surface area (Å²) in [6.07, 6.45) is 0.0949. The van der Waals surface area contributed by atoms with Crippen LogP contribution >= 0.6 is 11.3 Å². The highest BCUT2D eigenvalue weighted by molar-refractivity contribution is 7.09. The maximum absolute atomic E-state index is 11.6. The van der Waals surface area contributed by atoms with E-state index < -0.39 is 6.10 Å². The van der Waals surface area contributed by atoms with Crippen molar-refractivity contribution in [2.24, 2.45) is 0 Å². The summed E-state index contributed by atoms with van der Waals surface area (Å²) in [6.45, 7) is 6.59. The van der Waals surface area contributed by atoms with Crippen LogP contribution in [0.1, 0.15) is 18.2 Å². The molecule has 2 rings (SSSR count). The number of ether oxygens (including phenoxy) is 1. The first kappa shape index (κ1) is 16.4. The lowest BCUT2D eigenvalue weighted by Crippen LogP contribution is -2.50. The van der Waals surface area contributed by atoms with Crippen molar-refractivity contribution in [2.45, 2.75) is 26.1 Å². The molecule has 1 amide bonds. The number of aliphatic hydroxyl groups is 1. The van der Waals surface area contributed by atoms with Gasteiger partial charge in [-0.05, 0) is 11.4 Å². The number of carbonyl (C=O) groups excluding carboxylic acids is 1. The molecule has 0 saturated carbocycles. The summed E-state index contributed by atoms with van der Waals surface area (Å²) in [5.74, 6) is 0.217. The van der Waals surface area contributed by atoms with E-state index >= 15 is 0 Å². The largest absolute Gasteiger partial charge is 0.389 e. The van der Waals surface area contributed by atoms with Gasteiger partial charge in [0, 0.05) is 44.0 Å². The molecule has 21 heavy (non-hydrogen) atoms. The van der Waals surface area contributed by atoms with Crippen LogP contribution in [-0.4, -0.2) is 66.2 Å². The molecule has 1 aromatic rings. The average Bonchev–Trinajstić information content (AvgIpc) is 3.00. The molecule has 0 spiro atoms. The molecule has 1 aliphatic rings. The number of hydrogen-bond acceptors (Lipinski definition) is 5. The van der Waals surface area contributed by atoms with Gasteiger partial charge in [-0.15, -0.1) is 11.3 Å². The number of aliphatic hydroxyl groups excluding tert-OH is 1. The highest BCUT2D eigenvalue weighted by atomic mass is 32.1. The Hall–Kier alpha value is -0.950. The molecule has 1 atom stereocenters. The van der Waals surface area contributed by atoms with Crippen LogP contribution in [0.5, 0.6) is 0 Å². The zero-order chi connectivity index (χ0) is 15.1. The molecule has 1 saturated heterocycles. The van der Waals surface area contributed by atoms with Gasteiger partial charge in [-0.3, -0.25) is 9.69 Å². The Balaban J connectivity index is 1.60. The van der Waals surface area contributed by atoms with Crippen molar-refractivity contribution >= 4 is 17.2 Å². The average molecular weight is 312 g/mol. The van der Waals surface area contributed by atoms with E-state index in [1.54, 1.807) is 11.3 Å². The summed E-state index contributed by atoms with van der Waals surface area (Å²) in [6, 6.07) is 4.03. The highest BCUT2D eigenvalue weighted by Crippen LogP contribution is 2.10. The molecule has 0 aromatic carbocycles. The van der Waals surface area contributed by atoms with Gasteiger partial charge >= 0.3 is 0 Å². The van der Waals surface area contributed by atoms with Gasteiger partial charge in [0.15, 0.2) is 0 Å². The first-order valence-corrected chi connectivity index (χ1v) is 8.35. The Kier molecular flexibility index (Phi) is 6.63. The van der Waals surface area contributed by atoms with Gasteiger partial charge in [-0.2, -0.15) is 0 Å². The Labute approximate surface area is 130 Å². The number of nitrogens with zero attached hydrogens (tertiary/aromatic N) is 2. The fourth-order valence-electron chi connectivity index (χ4n) is 2.44. The molecule has 5 nitrogen and oxygen atoms in total. The zero-order valence-corrected chi connectivity index (χ0v) is 13.3. The molecule has 1 aromatic heterocycles. The molecular formula is C15H24N2O3S. The molecule has 118 valence electrons. The van der Waals surface area contributed by atoms with Crippen LogP contribution in [0.4, 0.5) is 0 Å². The summed E-state index contributed by atoms with van der Waals surface area (Å²) in [5, 5.41) is 12.0. The van der Waals surface area contributed by atoms with Gasteiger partial charge < -0.3 is 14.7 Å². The van der Waals surface area contributed by atoms with E-state index in [4.69, 9.17) is 4.74 Å². The van der Waals surface area contributed by atoms with E-state index in [9.17, 15) is 9.90 Å². The fourth-order valence-corrected chi connectivity index (χ4v) is 3.08. The number of thiophene rings is 1. The molecule has 2 heterocycles. The van der Waals surface area contributed by atoms with Gasteiger partial charge in [0.05, 0.1) is 19.3 Å². The molecule has 0 radical (unpaired) electrons. The lowest BCUT2D eigenvalue weighted by atomic mass is 10.2. The molecule has 0 aliphatic carbocycles. The minimum Gasteiger partial charge on any atom is -0.389 e. The van der Waals surface area contributed by atoms with Gasteiger partial charge in [-0.1, -0.05) is 13.0 Å². The van der Waals surface area contributed by atoms with Crippen molar-refractivity contribution in [3.63, 3.8) is 0 Å². The van der Waals surface area contributed by atoms with Crippen molar-refractivity contribution in [3.8, 4) is 0 Å². The van der Waals surface area contributed by atoms with Gasteiger partial charge in [0.25, 0.3) is 0 Å². The smallest absolute Gasteiger partial charge is 0.222 e. The van der Waals surface area contributed by atoms with E-state index in [1.807, 2.05) is 29.3 Å². The van der Waals surface area contributed by atoms with E-state index in [0.29, 0.717) is 26.2 Å². The second-order valence-corrected chi connectivity index (χ2v) is 6.32. The maximum atomic E-state index is 11.6. The lowest BCUT2D eigenvalue weighted by molar-refractivity contribution is -0.132. The van der Waals surface area contributed by atoms with Crippen LogP contribution in [0.3, 0.4) is 0 Å². The van der Waals surface area contributed by atoms with Crippen molar-refractivity contribution < 1.29 is 14.6 Å². The topological polar surface area (TPSA) is 53.0 Å². The predicted molar refractivity (Wildman–Crippen MR) is 83.3 cm³/mol. The summed E-state index contributed by atoms with van der Waals surface area (Å²) in [5.41, 5.74) is 0.